The molecule has 0 amide bonds. The molecule has 3 rings (SSSR count). The van der Waals surface area contributed by atoms with Gasteiger partial charge in [0.2, 0.25) is 0 Å². The Bertz CT molecular complexity index is 1040. The zero-order valence-electron chi connectivity index (χ0n) is 22.4. The van der Waals surface area contributed by atoms with E-state index in [1.54, 1.807) is 13.1 Å². The van der Waals surface area contributed by atoms with Crippen LogP contribution >= 0.6 is 0 Å². The quantitative estimate of drug-likeness (QED) is 0.268. The molecule has 0 saturated carbocycles. The molecule has 3 aromatic rings. The maximum absolute atomic E-state index is 12.3. The van der Waals surface area contributed by atoms with Crippen molar-refractivity contribution in [2.24, 2.45) is 5.41 Å². The van der Waals surface area contributed by atoms with Gasteiger partial charge in [-0.3, -0.25) is 4.98 Å². The number of hydrogen-bond acceptors (Lipinski definition) is 4. The van der Waals surface area contributed by atoms with E-state index in [4.69, 9.17) is 4.43 Å². The molecule has 192 valence electrons. The Kier molecular flexibility index (Phi) is 9.39. The Morgan fingerprint density at radius 1 is 0.972 bits per heavy atom. The van der Waals surface area contributed by atoms with E-state index in [0.717, 1.165) is 12.0 Å². The van der Waals surface area contributed by atoms with E-state index < -0.39 is 19.8 Å². The molecule has 1 aromatic heterocycles. The monoisotopic (exact) mass is 503 g/mol. The third-order valence-corrected chi connectivity index (χ3v) is 12.4. The summed E-state index contributed by atoms with van der Waals surface area (Å²) in [5.41, 5.74) is 0.483. The van der Waals surface area contributed by atoms with Crippen molar-refractivity contribution in [2.75, 3.05) is 6.61 Å². The first-order valence-corrected chi connectivity index (χ1v) is 14.8. The van der Waals surface area contributed by atoms with Crippen LogP contribution < -0.4 is 10.4 Å². The molecule has 1 heterocycles. The zero-order valence-corrected chi connectivity index (χ0v) is 23.4. The van der Waals surface area contributed by atoms with Gasteiger partial charge in [-0.15, -0.1) is 0 Å². The van der Waals surface area contributed by atoms with Gasteiger partial charge in [-0.05, 0) is 60.2 Å². The molecule has 4 nitrogen and oxygen atoms in total. The lowest BCUT2D eigenvalue weighted by Crippen LogP contribution is -2.66. The fraction of sp³-hybridized carbons (Fsp3) is 0.419. The largest absolute Gasteiger partial charge is 0.407 e. The van der Waals surface area contributed by atoms with Gasteiger partial charge in [0.1, 0.15) is 5.78 Å². The van der Waals surface area contributed by atoms with Crippen molar-refractivity contribution in [3.05, 3.63) is 90.8 Å². The summed E-state index contributed by atoms with van der Waals surface area (Å²) in [7, 11) is -2.62. The van der Waals surface area contributed by atoms with Crippen LogP contribution in [0.2, 0.25) is 5.04 Å². The van der Waals surface area contributed by atoms with Gasteiger partial charge in [-0.2, -0.15) is 0 Å². The number of aliphatic hydroxyl groups is 1. The highest BCUT2D eigenvalue weighted by molar-refractivity contribution is 6.99. The van der Waals surface area contributed by atoms with Crippen molar-refractivity contribution in [3.63, 3.8) is 0 Å². The van der Waals surface area contributed by atoms with Crippen LogP contribution in [0.4, 0.5) is 0 Å². The summed E-state index contributed by atoms with van der Waals surface area (Å²) in [6, 6.07) is 25.2. The average molecular weight is 504 g/mol. The molecule has 1 N–H and O–H groups in total. The first kappa shape index (κ1) is 28.0. The minimum Gasteiger partial charge on any atom is -0.407 e. The van der Waals surface area contributed by atoms with E-state index in [1.165, 1.54) is 10.4 Å². The van der Waals surface area contributed by atoms with Crippen LogP contribution in [0.1, 0.15) is 59.4 Å². The van der Waals surface area contributed by atoms with Gasteiger partial charge in [-0.25, -0.2) is 0 Å². The summed E-state index contributed by atoms with van der Waals surface area (Å²) in [6.07, 6.45) is 5.33. The number of carbonyl (C=O) groups is 1. The van der Waals surface area contributed by atoms with Crippen LogP contribution in [0.3, 0.4) is 0 Å². The minimum absolute atomic E-state index is 0.0905. The van der Waals surface area contributed by atoms with E-state index in [-0.39, 0.29) is 10.8 Å². The molecule has 2 aromatic carbocycles. The van der Waals surface area contributed by atoms with Crippen molar-refractivity contribution in [3.8, 4) is 0 Å². The number of rotatable bonds is 12. The van der Waals surface area contributed by atoms with E-state index in [0.29, 0.717) is 25.9 Å². The second kappa shape index (κ2) is 12.1. The van der Waals surface area contributed by atoms with Gasteiger partial charge in [0.25, 0.3) is 8.32 Å². The number of aromatic nitrogens is 1. The highest BCUT2D eigenvalue weighted by Gasteiger charge is 2.50. The first-order chi connectivity index (χ1) is 17.1. The molecule has 2 unspecified atom stereocenters. The molecule has 0 spiro atoms. The number of nitrogens with zero attached hydrogens (tertiary/aromatic N) is 1. The van der Waals surface area contributed by atoms with Crippen LogP contribution in [-0.4, -0.2) is 36.9 Å². The second-order valence-electron chi connectivity index (χ2n) is 11.1. The summed E-state index contributed by atoms with van der Waals surface area (Å²) >= 11 is 0. The number of pyridine rings is 1. The maximum Gasteiger partial charge on any atom is 0.261 e. The van der Waals surface area contributed by atoms with Gasteiger partial charge in [-0.1, -0.05) is 87.5 Å². The average Bonchev–Trinajstić information content (AvgIpc) is 2.84. The molecule has 0 fully saturated rings. The molecule has 2 atom stereocenters. The minimum atomic E-state index is -2.62. The summed E-state index contributed by atoms with van der Waals surface area (Å²) in [4.78, 5) is 16.5. The Labute approximate surface area is 217 Å². The summed E-state index contributed by atoms with van der Waals surface area (Å²) < 4.78 is 7.06. The number of aliphatic hydroxyl groups excluding tert-OH is 1. The fourth-order valence-electron chi connectivity index (χ4n) is 5.56. The first-order valence-electron chi connectivity index (χ1n) is 12.9. The van der Waals surface area contributed by atoms with Crippen LogP contribution in [0, 0.1) is 5.41 Å². The summed E-state index contributed by atoms with van der Waals surface area (Å²) in [5.74, 6) is 0.0905. The predicted molar refractivity (Wildman–Crippen MR) is 150 cm³/mol. The van der Waals surface area contributed by atoms with Crippen LogP contribution in [0.5, 0.6) is 0 Å². The Morgan fingerprint density at radius 3 is 2.00 bits per heavy atom. The molecule has 36 heavy (non-hydrogen) atoms. The molecule has 0 aliphatic carbocycles. The molecule has 5 heteroatoms. The van der Waals surface area contributed by atoms with Crippen LogP contribution in [0.25, 0.3) is 0 Å². The Hall–Kier alpha value is -2.60. The fourth-order valence-corrected chi connectivity index (χ4v) is 10.2. The van der Waals surface area contributed by atoms with Gasteiger partial charge in [0.05, 0.1) is 6.10 Å². The van der Waals surface area contributed by atoms with Crippen molar-refractivity contribution in [1.29, 1.82) is 0 Å². The lowest BCUT2D eigenvalue weighted by Gasteiger charge is -2.43. The predicted octanol–water partition coefficient (Wildman–Crippen LogP) is 5.33. The maximum atomic E-state index is 12.3. The van der Waals surface area contributed by atoms with Crippen molar-refractivity contribution in [2.45, 2.75) is 71.4 Å². The lowest BCUT2D eigenvalue weighted by atomic mass is 9.70. The molecular weight excluding hydrogens is 462 g/mol. The van der Waals surface area contributed by atoms with Crippen LogP contribution in [0.15, 0.2) is 85.2 Å². The number of carbonyl (C=O) groups excluding carboxylic acids is 1. The number of ketones is 1. The third-order valence-electron chi connectivity index (χ3n) is 7.32. The third kappa shape index (κ3) is 6.39. The SMILES string of the molecule is CC(=O)CC(CCCO[Si](c1ccccc1)(c1ccccc1)C(C)(C)C)(Cc1cccnc1)C(C)O. The highest BCUT2D eigenvalue weighted by atomic mass is 28.4. The van der Waals surface area contributed by atoms with Crippen LogP contribution in [-0.2, 0) is 15.6 Å². The van der Waals surface area contributed by atoms with Gasteiger partial charge < -0.3 is 14.3 Å². The Balaban J connectivity index is 1.89. The smallest absolute Gasteiger partial charge is 0.261 e. The molecule has 0 aliphatic heterocycles. The van der Waals surface area contributed by atoms with Gasteiger partial charge in [0, 0.05) is 30.8 Å². The zero-order chi connectivity index (χ0) is 26.2. The van der Waals surface area contributed by atoms with Gasteiger partial charge >= 0.3 is 0 Å². The summed E-state index contributed by atoms with van der Waals surface area (Å²) in [6.45, 7) is 10.8. The van der Waals surface area contributed by atoms with Crippen molar-refractivity contribution in [1.82, 2.24) is 4.98 Å². The Morgan fingerprint density at radius 2 is 1.56 bits per heavy atom. The standard InChI is InChI=1S/C31H41NO3Si/c1-25(33)22-31(26(2)34,23-27-14-12-20-32-24-27)19-13-21-35-36(30(3,4)5,28-15-8-6-9-16-28)29-17-10-7-11-18-29/h6-12,14-18,20,24,26,34H,13,19,21-23H2,1-5H3. The van der Waals surface area contributed by atoms with Gasteiger partial charge in [0.15, 0.2) is 0 Å². The number of benzene rings is 2. The summed E-state index contributed by atoms with van der Waals surface area (Å²) in [5, 5.41) is 13.3. The van der Waals surface area contributed by atoms with Crippen molar-refractivity contribution >= 4 is 24.5 Å². The molecule has 0 saturated heterocycles. The van der Waals surface area contributed by atoms with E-state index in [9.17, 15) is 9.90 Å². The second-order valence-corrected chi connectivity index (χ2v) is 15.4. The van der Waals surface area contributed by atoms with E-state index in [1.807, 2.05) is 37.4 Å². The molecule has 0 aliphatic rings. The van der Waals surface area contributed by atoms with Crippen molar-refractivity contribution < 1.29 is 14.3 Å². The highest BCUT2D eigenvalue weighted by Crippen LogP contribution is 2.39. The number of hydrogen-bond donors (Lipinski definition) is 1. The van der Waals surface area contributed by atoms with E-state index in [2.05, 4.69) is 74.3 Å². The van der Waals surface area contributed by atoms with E-state index >= 15 is 0 Å². The normalized spacial score (nSPS) is 14.7. The molecule has 0 radical (unpaired) electrons. The number of Topliss-reactive ketones (excluding diaryl/α,β-unsaturated/α-hetero) is 1. The lowest BCUT2D eigenvalue weighted by molar-refractivity contribution is -0.121. The molecule has 0 bridgehead atoms. The topological polar surface area (TPSA) is 59.4 Å². The molecular formula is C31H41NO3Si.